The number of hydrogen-bond donors (Lipinski definition) is 0. The van der Waals surface area contributed by atoms with Gasteiger partial charge in [0.2, 0.25) is 0 Å². The number of rotatable bonds is 1. The fraction of sp³-hybridized carbons (Fsp3) is 0.500. The Morgan fingerprint density at radius 3 is 2.00 bits per heavy atom. The Labute approximate surface area is 94.5 Å². The highest BCUT2D eigenvalue weighted by atomic mass is 19.1. The van der Waals surface area contributed by atoms with Crippen LogP contribution in [-0.2, 0) is 0 Å². The molecule has 1 aliphatic rings. The van der Waals surface area contributed by atoms with Gasteiger partial charge in [-0.25, -0.2) is 8.78 Å². The van der Waals surface area contributed by atoms with E-state index in [1.54, 1.807) is 0 Å². The van der Waals surface area contributed by atoms with E-state index in [0.29, 0.717) is 5.69 Å². The van der Waals surface area contributed by atoms with Gasteiger partial charge in [0.1, 0.15) is 11.6 Å². The monoisotopic (exact) mass is 226 g/mol. The first-order valence-electron chi connectivity index (χ1n) is 5.47. The molecule has 0 bridgehead atoms. The van der Waals surface area contributed by atoms with Crippen LogP contribution in [0.25, 0.3) is 0 Å². The summed E-state index contributed by atoms with van der Waals surface area (Å²) in [6, 6.07) is 2.84. The molecule has 1 aliphatic heterocycles. The molecular weight excluding hydrogens is 210 g/mol. The molecule has 1 heterocycles. The third-order valence-electron chi connectivity index (χ3n) is 3.13. The Hall–Kier alpha value is -1.16. The van der Waals surface area contributed by atoms with Crippen LogP contribution in [0.3, 0.4) is 0 Å². The van der Waals surface area contributed by atoms with Crippen molar-refractivity contribution in [3.63, 3.8) is 0 Å². The maximum atomic E-state index is 13.4. The van der Waals surface area contributed by atoms with Crippen molar-refractivity contribution in [2.24, 2.45) is 0 Å². The topological polar surface area (TPSA) is 6.48 Å². The molecule has 0 saturated carbocycles. The summed E-state index contributed by atoms with van der Waals surface area (Å²) in [5, 5.41) is 0. The van der Waals surface area contributed by atoms with Crippen molar-refractivity contribution in [1.29, 1.82) is 0 Å². The van der Waals surface area contributed by atoms with Gasteiger partial charge < -0.3 is 9.80 Å². The molecule has 0 aliphatic carbocycles. The predicted molar refractivity (Wildman–Crippen MR) is 60.8 cm³/mol. The molecule has 0 atom stereocenters. The van der Waals surface area contributed by atoms with Crippen molar-refractivity contribution in [3.05, 3.63) is 29.3 Å². The normalized spacial score (nSPS) is 17.9. The lowest BCUT2D eigenvalue weighted by atomic mass is 10.1. The van der Waals surface area contributed by atoms with E-state index < -0.39 is 11.6 Å². The van der Waals surface area contributed by atoms with E-state index >= 15 is 0 Å². The SMILES string of the molecule is Cc1c(F)cc(N2CCN(C)CC2)cc1F. The zero-order chi connectivity index (χ0) is 11.7. The van der Waals surface area contributed by atoms with Gasteiger partial charge in [0.15, 0.2) is 0 Å². The van der Waals surface area contributed by atoms with Crippen LogP contribution >= 0.6 is 0 Å². The van der Waals surface area contributed by atoms with Crippen LogP contribution in [0.4, 0.5) is 14.5 Å². The third-order valence-corrected chi connectivity index (χ3v) is 3.13. The zero-order valence-electron chi connectivity index (χ0n) is 9.63. The van der Waals surface area contributed by atoms with Crippen molar-refractivity contribution in [3.8, 4) is 0 Å². The van der Waals surface area contributed by atoms with Gasteiger partial charge >= 0.3 is 0 Å². The van der Waals surface area contributed by atoms with Gasteiger partial charge in [-0.2, -0.15) is 0 Å². The number of nitrogens with zero attached hydrogens (tertiary/aromatic N) is 2. The average molecular weight is 226 g/mol. The summed E-state index contributed by atoms with van der Waals surface area (Å²) in [5.74, 6) is -0.928. The van der Waals surface area contributed by atoms with E-state index in [1.807, 2.05) is 11.9 Å². The summed E-state index contributed by atoms with van der Waals surface area (Å²) in [7, 11) is 2.05. The van der Waals surface area contributed by atoms with Crippen LogP contribution in [0.15, 0.2) is 12.1 Å². The highest BCUT2D eigenvalue weighted by molar-refractivity contribution is 5.49. The van der Waals surface area contributed by atoms with Crippen LogP contribution in [0, 0.1) is 18.6 Å². The fourth-order valence-corrected chi connectivity index (χ4v) is 1.88. The summed E-state index contributed by atoms with van der Waals surface area (Å²) < 4.78 is 26.8. The number of hydrogen-bond acceptors (Lipinski definition) is 2. The minimum Gasteiger partial charge on any atom is -0.369 e. The maximum Gasteiger partial charge on any atom is 0.131 e. The van der Waals surface area contributed by atoms with Gasteiger partial charge in [0.05, 0.1) is 0 Å². The molecule has 88 valence electrons. The average Bonchev–Trinajstić information content (AvgIpc) is 2.26. The highest BCUT2D eigenvalue weighted by Crippen LogP contribution is 2.22. The molecule has 1 aromatic carbocycles. The van der Waals surface area contributed by atoms with E-state index in [0.717, 1.165) is 26.2 Å². The van der Waals surface area contributed by atoms with Gasteiger partial charge in [-0.05, 0) is 26.1 Å². The molecule has 0 N–H and O–H groups in total. The third kappa shape index (κ3) is 2.16. The lowest BCUT2D eigenvalue weighted by Gasteiger charge is -2.34. The van der Waals surface area contributed by atoms with Crippen molar-refractivity contribution >= 4 is 5.69 Å². The molecule has 0 aromatic heterocycles. The van der Waals surface area contributed by atoms with Gasteiger partial charge in [0.25, 0.3) is 0 Å². The summed E-state index contributed by atoms with van der Waals surface area (Å²) in [5.41, 5.74) is 0.742. The van der Waals surface area contributed by atoms with E-state index in [1.165, 1.54) is 19.1 Å². The maximum absolute atomic E-state index is 13.4. The first-order valence-corrected chi connectivity index (χ1v) is 5.47. The van der Waals surface area contributed by atoms with Crippen molar-refractivity contribution < 1.29 is 8.78 Å². The molecule has 1 fully saturated rings. The molecule has 0 unspecified atom stereocenters. The van der Waals surface area contributed by atoms with Crippen molar-refractivity contribution in [2.75, 3.05) is 38.1 Å². The molecular formula is C12H16F2N2. The molecule has 0 amide bonds. The lowest BCUT2D eigenvalue weighted by molar-refractivity contribution is 0.312. The Bertz CT molecular complexity index is 362. The first kappa shape index (κ1) is 11.3. The predicted octanol–water partition coefficient (Wildman–Crippen LogP) is 2.03. The number of anilines is 1. The Kier molecular flexibility index (Phi) is 3.10. The molecule has 16 heavy (non-hydrogen) atoms. The number of benzene rings is 1. The van der Waals surface area contributed by atoms with Crippen molar-refractivity contribution in [1.82, 2.24) is 4.90 Å². The van der Waals surface area contributed by atoms with Crippen LogP contribution in [0.5, 0.6) is 0 Å². The van der Waals surface area contributed by atoms with Crippen LogP contribution in [-0.4, -0.2) is 38.1 Å². The number of likely N-dealkylation sites (N-methyl/N-ethyl adjacent to an activating group) is 1. The second kappa shape index (κ2) is 4.37. The minimum atomic E-state index is -0.464. The first-order chi connectivity index (χ1) is 7.58. The van der Waals surface area contributed by atoms with E-state index in [9.17, 15) is 8.78 Å². The van der Waals surface area contributed by atoms with Crippen molar-refractivity contribution in [2.45, 2.75) is 6.92 Å². The minimum absolute atomic E-state index is 0.0953. The summed E-state index contributed by atoms with van der Waals surface area (Å²) in [6.45, 7) is 4.95. The Morgan fingerprint density at radius 1 is 1.00 bits per heavy atom. The van der Waals surface area contributed by atoms with Crippen LogP contribution in [0.2, 0.25) is 0 Å². The second-order valence-electron chi connectivity index (χ2n) is 4.32. The van der Waals surface area contributed by atoms with E-state index in [2.05, 4.69) is 4.90 Å². The lowest BCUT2D eigenvalue weighted by Crippen LogP contribution is -2.44. The number of halogens is 2. The Morgan fingerprint density at radius 2 is 1.50 bits per heavy atom. The molecule has 1 aromatic rings. The van der Waals surface area contributed by atoms with Gasteiger partial charge in [0, 0.05) is 37.4 Å². The van der Waals surface area contributed by atoms with Gasteiger partial charge in [-0.3, -0.25) is 0 Å². The fourth-order valence-electron chi connectivity index (χ4n) is 1.88. The molecule has 1 saturated heterocycles. The Balaban J connectivity index is 2.21. The van der Waals surface area contributed by atoms with E-state index in [4.69, 9.17) is 0 Å². The summed E-state index contributed by atoms with van der Waals surface area (Å²) in [6.07, 6.45) is 0. The zero-order valence-corrected chi connectivity index (χ0v) is 9.63. The van der Waals surface area contributed by atoms with Crippen LogP contribution < -0.4 is 4.90 Å². The largest absolute Gasteiger partial charge is 0.369 e. The van der Waals surface area contributed by atoms with Gasteiger partial charge in [-0.1, -0.05) is 0 Å². The highest BCUT2D eigenvalue weighted by Gasteiger charge is 2.16. The van der Waals surface area contributed by atoms with E-state index in [-0.39, 0.29) is 5.56 Å². The molecule has 2 rings (SSSR count). The number of piperazine rings is 1. The standard InChI is InChI=1S/C12H16F2N2/c1-9-11(13)7-10(8-12(9)14)16-5-3-15(2)4-6-16/h7-8H,3-6H2,1-2H3. The molecule has 4 heteroatoms. The van der Waals surface area contributed by atoms with Gasteiger partial charge in [-0.15, -0.1) is 0 Å². The second-order valence-corrected chi connectivity index (χ2v) is 4.32. The summed E-state index contributed by atoms with van der Waals surface area (Å²) in [4.78, 5) is 4.23. The van der Waals surface area contributed by atoms with Crippen LogP contribution in [0.1, 0.15) is 5.56 Å². The smallest absolute Gasteiger partial charge is 0.131 e. The molecule has 0 spiro atoms. The molecule has 2 nitrogen and oxygen atoms in total. The quantitative estimate of drug-likeness (QED) is 0.723. The summed E-state index contributed by atoms with van der Waals surface area (Å²) >= 11 is 0. The molecule has 0 radical (unpaired) electrons.